The summed E-state index contributed by atoms with van der Waals surface area (Å²) in [4.78, 5) is 28.7. The molecule has 0 spiro atoms. The maximum absolute atomic E-state index is 12.6. The monoisotopic (exact) mass is 349 g/mol. The highest BCUT2D eigenvalue weighted by Gasteiger charge is 2.32. The van der Waals surface area contributed by atoms with E-state index in [1.165, 1.54) is 0 Å². The summed E-state index contributed by atoms with van der Waals surface area (Å²) < 4.78 is 1.76. The number of hydrogen-bond donors (Lipinski definition) is 1. The number of rotatable bonds is 8. The van der Waals surface area contributed by atoms with Crippen molar-refractivity contribution in [1.82, 2.24) is 24.9 Å². The van der Waals surface area contributed by atoms with Crippen molar-refractivity contribution in [1.29, 1.82) is 0 Å². The second kappa shape index (κ2) is 8.99. The average molecular weight is 349 g/mol. The Balaban J connectivity index is 1.87. The van der Waals surface area contributed by atoms with Crippen LogP contribution in [0.1, 0.15) is 32.3 Å². The molecule has 1 unspecified atom stereocenters. The number of nitrogens with zero attached hydrogens (tertiary/aromatic N) is 4. The molecule has 7 nitrogen and oxygen atoms in total. The van der Waals surface area contributed by atoms with Gasteiger partial charge in [0.1, 0.15) is 0 Å². The van der Waals surface area contributed by atoms with E-state index in [-0.39, 0.29) is 24.3 Å². The Morgan fingerprint density at radius 3 is 2.88 bits per heavy atom. The molecule has 1 aromatic heterocycles. The molecule has 1 aliphatic rings. The first-order chi connectivity index (χ1) is 11.9. The van der Waals surface area contributed by atoms with Crippen LogP contribution in [0.3, 0.4) is 0 Å². The zero-order valence-electron chi connectivity index (χ0n) is 15.9. The Kier molecular flexibility index (Phi) is 6.99. The molecule has 1 saturated heterocycles. The molecule has 0 aromatic carbocycles. The summed E-state index contributed by atoms with van der Waals surface area (Å²) >= 11 is 0. The van der Waals surface area contributed by atoms with Gasteiger partial charge in [0.15, 0.2) is 0 Å². The molecule has 0 saturated carbocycles. The molecule has 1 aliphatic heterocycles. The van der Waals surface area contributed by atoms with E-state index in [2.05, 4.69) is 29.2 Å². The van der Waals surface area contributed by atoms with E-state index in [0.29, 0.717) is 19.0 Å². The van der Waals surface area contributed by atoms with Gasteiger partial charge in [-0.15, -0.1) is 0 Å². The summed E-state index contributed by atoms with van der Waals surface area (Å²) in [6.07, 6.45) is 5.83. The lowest BCUT2D eigenvalue weighted by atomic mass is 10.0. The lowest BCUT2D eigenvalue weighted by Gasteiger charge is -2.35. The lowest BCUT2D eigenvalue weighted by molar-refractivity contribution is -0.138. The van der Waals surface area contributed by atoms with Crippen molar-refractivity contribution in [2.24, 2.45) is 13.0 Å². The smallest absolute Gasteiger partial charge is 0.237 e. The predicted molar refractivity (Wildman–Crippen MR) is 97.0 cm³/mol. The number of amides is 2. The molecule has 1 aromatic rings. The van der Waals surface area contributed by atoms with Crippen LogP contribution in [-0.4, -0.2) is 70.7 Å². The van der Waals surface area contributed by atoms with Crippen molar-refractivity contribution in [3.05, 3.63) is 18.0 Å². The van der Waals surface area contributed by atoms with Crippen LogP contribution >= 0.6 is 0 Å². The fourth-order valence-electron chi connectivity index (χ4n) is 3.02. The third-order valence-corrected chi connectivity index (χ3v) is 4.72. The topological polar surface area (TPSA) is 70.5 Å². The lowest BCUT2D eigenvalue weighted by Crippen LogP contribution is -2.56. The number of aryl methyl sites for hydroxylation is 1. The first-order valence-electron chi connectivity index (χ1n) is 9.10. The Bertz CT molecular complexity index is 584. The van der Waals surface area contributed by atoms with Gasteiger partial charge in [-0.05, 0) is 30.9 Å². The standard InChI is InChI=1S/C18H31N5O2/c1-14(2)5-9-23-10-7-19-18(25)16(23)11-17(24)21(3)8-6-15-12-20-22(4)13-15/h12-14,16H,5-11H2,1-4H3,(H,19,25). The van der Waals surface area contributed by atoms with E-state index in [0.717, 1.165) is 31.5 Å². The van der Waals surface area contributed by atoms with Gasteiger partial charge in [0.05, 0.1) is 18.7 Å². The van der Waals surface area contributed by atoms with E-state index < -0.39 is 0 Å². The first kappa shape index (κ1) is 19.4. The van der Waals surface area contributed by atoms with E-state index in [4.69, 9.17) is 0 Å². The molecule has 2 rings (SSSR count). The number of carbonyl (C=O) groups excluding carboxylic acids is 2. The highest BCUT2D eigenvalue weighted by atomic mass is 16.2. The summed E-state index contributed by atoms with van der Waals surface area (Å²) in [6.45, 7) is 7.33. The number of nitrogens with one attached hydrogen (secondary N) is 1. The Labute approximate surface area is 150 Å². The second-order valence-corrected chi connectivity index (χ2v) is 7.32. The van der Waals surface area contributed by atoms with Crippen LogP contribution in [0, 0.1) is 5.92 Å². The van der Waals surface area contributed by atoms with Crippen LogP contribution in [-0.2, 0) is 23.1 Å². The van der Waals surface area contributed by atoms with Crippen LogP contribution < -0.4 is 5.32 Å². The van der Waals surface area contributed by atoms with E-state index in [1.807, 2.05) is 19.4 Å². The van der Waals surface area contributed by atoms with Gasteiger partial charge in [-0.1, -0.05) is 13.8 Å². The molecular formula is C18H31N5O2. The first-order valence-corrected chi connectivity index (χ1v) is 9.10. The summed E-state index contributed by atoms with van der Waals surface area (Å²) in [5, 5.41) is 7.03. The minimum Gasteiger partial charge on any atom is -0.353 e. The molecule has 0 bridgehead atoms. The molecular weight excluding hydrogens is 318 g/mol. The van der Waals surface area contributed by atoms with Gasteiger partial charge in [-0.25, -0.2) is 0 Å². The van der Waals surface area contributed by atoms with Gasteiger partial charge < -0.3 is 10.2 Å². The van der Waals surface area contributed by atoms with Gasteiger partial charge in [0.25, 0.3) is 0 Å². The molecule has 140 valence electrons. The largest absolute Gasteiger partial charge is 0.353 e. The Morgan fingerprint density at radius 2 is 2.24 bits per heavy atom. The Morgan fingerprint density at radius 1 is 1.48 bits per heavy atom. The van der Waals surface area contributed by atoms with E-state index in [1.54, 1.807) is 16.6 Å². The van der Waals surface area contributed by atoms with Gasteiger partial charge in [-0.2, -0.15) is 5.10 Å². The fraction of sp³-hybridized carbons (Fsp3) is 0.722. The molecule has 7 heteroatoms. The molecule has 0 radical (unpaired) electrons. The number of piperazine rings is 1. The van der Waals surface area contributed by atoms with Crippen molar-refractivity contribution in [3.63, 3.8) is 0 Å². The highest BCUT2D eigenvalue weighted by Crippen LogP contribution is 2.13. The minimum absolute atomic E-state index is 0.0143. The van der Waals surface area contributed by atoms with Crippen LogP contribution in [0.15, 0.2) is 12.4 Å². The predicted octanol–water partition coefficient (Wildman–Crippen LogP) is 0.658. The summed E-state index contributed by atoms with van der Waals surface area (Å²) in [5.74, 6) is 0.577. The van der Waals surface area contributed by atoms with Crippen LogP contribution in [0.2, 0.25) is 0 Å². The highest BCUT2D eigenvalue weighted by molar-refractivity contribution is 5.88. The van der Waals surface area contributed by atoms with Crippen molar-refractivity contribution in [3.8, 4) is 0 Å². The van der Waals surface area contributed by atoms with Crippen molar-refractivity contribution in [2.75, 3.05) is 33.2 Å². The molecule has 2 amide bonds. The molecule has 1 N–H and O–H groups in total. The van der Waals surface area contributed by atoms with Crippen molar-refractivity contribution >= 4 is 11.8 Å². The van der Waals surface area contributed by atoms with E-state index >= 15 is 0 Å². The van der Waals surface area contributed by atoms with E-state index in [9.17, 15) is 9.59 Å². The number of aromatic nitrogens is 2. The molecule has 25 heavy (non-hydrogen) atoms. The quantitative estimate of drug-likeness (QED) is 0.748. The zero-order valence-corrected chi connectivity index (χ0v) is 15.9. The third-order valence-electron chi connectivity index (χ3n) is 4.72. The van der Waals surface area contributed by atoms with Crippen LogP contribution in [0.4, 0.5) is 0 Å². The van der Waals surface area contributed by atoms with Gasteiger partial charge in [0.2, 0.25) is 11.8 Å². The van der Waals surface area contributed by atoms with Crippen LogP contribution in [0.5, 0.6) is 0 Å². The van der Waals surface area contributed by atoms with Gasteiger partial charge >= 0.3 is 0 Å². The maximum atomic E-state index is 12.6. The fourth-order valence-corrected chi connectivity index (χ4v) is 3.02. The number of hydrogen-bond acceptors (Lipinski definition) is 4. The Hall–Kier alpha value is -1.89. The zero-order chi connectivity index (χ0) is 18.4. The maximum Gasteiger partial charge on any atom is 0.237 e. The number of carbonyl (C=O) groups is 2. The molecule has 2 heterocycles. The third kappa shape index (κ3) is 5.85. The summed E-state index contributed by atoms with van der Waals surface area (Å²) in [5.41, 5.74) is 1.11. The molecule has 1 atom stereocenters. The normalized spacial score (nSPS) is 18.4. The van der Waals surface area contributed by atoms with Crippen molar-refractivity contribution in [2.45, 2.75) is 39.2 Å². The summed E-state index contributed by atoms with van der Waals surface area (Å²) in [6, 6.07) is -0.346. The van der Waals surface area contributed by atoms with Crippen LogP contribution in [0.25, 0.3) is 0 Å². The van der Waals surface area contributed by atoms with Gasteiger partial charge in [-0.3, -0.25) is 19.2 Å². The summed E-state index contributed by atoms with van der Waals surface area (Å²) in [7, 11) is 3.68. The van der Waals surface area contributed by atoms with Crippen molar-refractivity contribution < 1.29 is 9.59 Å². The van der Waals surface area contributed by atoms with Gasteiger partial charge in [0, 0.05) is 39.9 Å². The minimum atomic E-state index is -0.346. The molecule has 1 fully saturated rings. The average Bonchev–Trinajstić information content (AvgIpc) is 2.98. The SMILES string of the molecule is CC(C)CCN1CCNC(=O)C1CC(=O)N(C)CCc1cnn(C)c1. The number of likely N-dealkylation sites (N-methyl/N-ethyl adjacent to an activating group) is 1. The second-order valence-electron chi connectivity index (χ2n) is 7.32. The molecule has 0 aliphatic carbocycles.